The largest absolute Gasteiger partial charge is 0.306 e. The highest BCUT2D eigenvalue weighted by Crippen LogP contribution is 2.25. The topological polar surface area (TPSA) is 37.8 Å². The monoisotopic (exact) mass is 251 g/mol. The number of nitrogens with zero attached hydrogens (tertiary/aromatic N) is 2. The molecule has 0 radical (unpaired) electrons. The standard InChI is InChI=1S/C12H14FN3S/c1-3-14-12(11-7-15-16-17-11)9-4-5-10(13)8(2)6-9/h4-7,12,14H,3H2,1-2H3. The fraction of sp³-hybridized carbons (Fsp3) is 0.333. The van der Waals surface area contributed by atoms with E-state index in [1.165, 1.54) is 17.6 Å². The smallest absolute Gasteiger partial charge is 0.126 e. The van der Waals surface area contributed by atoms with Crippen LogP contribution in [0.2, 0.25) is 0 Å². The van der Waals surface area contributed by atoms with Gasteiger partial charge in [-0.15, -0.1) is 5.10 Å². The van der Waals surface area contributed by atoms with E-state index < -0.39 is 0 Å². The van der Waals surface area contributed by atoms with Crippen molar-refractivity contribution in [2.75, 3.05) is 6.54 Å². The average Bonchev–Trinajstić information content (AvgIpc) is 2.83. The van der Waals surface area contributed by atoms with Crippen LogP contribution in [-0.2, 0) is 0 Å². The van der Waals surface area contributed by atoms with Crippen LogP contribution in [0, 0.1) is 12.7 Å². The van der Waals surface area contributed by atoms with Crippen molar-refractivity contribution in [1.82, 2.24) is 14.9 Å². The third-order valence-electron chi connectivity index (χ3n) is 2.59. The van der Waals surface area contributed by atoms with Gasteiger partial charge in [-0.3, -0.25) is 0 Å². The molecule has 5 heteroatoms. The second-order valence-electron chi connectivity index (χ2n) is 3.82. The molecule has 2 aromatic rings. The van der Waals surface area contributed by atoms with Crippen LogP contribution in [0.3, 0.4) is 0 Å². The van der Waals surface area contributed by atoms with E-state index in [1.807, 2.05) is 13.0 Å². The molecule has 0 amide bonds. The zero-order valence-electron chi connectivity index (χ0n) is 9.77. The number of rotatable bonds is 4. The first-order chi connectivity index (χ1) is 8.22. The third kappa shape index (κ3) is 2.68. The lowest BCUT2D eigenvalue weighted by Gasteiger charge is -2.16. The second-order valence-corrected chi connectivity index (χ2v) is 4.64. The summed E-state index contributed by atoms with van der Waals surface area (Å²) >= 11 is 1.36. The van der Waals surface area contributed by atoms with E-state index in [2.05, 4.69) is 14.9 Å². The summed E-state index contributed by atoms with van der Waals surface area (Å²) in [7, 11) is 0. The predicted molar refractivity (Wildman–Crippen MR) is 66.6 cm³/mol. The van der Waals surface area contributed by atoms with Gasteiger partial charge >= 0.3 is 0 Å². The molecule has 0 saturated carbocycles. The Morgan fingerprint density at radius 2 is 2.29 bits per heavy atom. The maximum Gasteiger partial charge on any atom is 0.126 e. The van der Waals surface area contributed by atoms with Crippen LogP contribution in [0.15, 0.2) is 24.4 Å². The number of aromatic nitrogens is 2. The van der Waals surface area contributed by atoms with Crippen molar-refractivity contribution in [2.24, 2.45) is 0 Å². The van der Waals surface area contributed by atoms with Crippen LogP contribution < -0.4 is 5.32 Å². The third-order valence-corrected chi connectivity index (χ3v) is 3.31. The molecule has 0 aliphatic carbocycles. The molecule has 1 atom stereocenters. The fourth-order valence-electron chi connectivity index (χ4n) is 1.74. The molecule has 3 nitrogen and oxygen atoms in total. The van der Waals surface area contributed by atoms with Gasteiger partial charge in [-0.1, -0.05) is 23.5 Å². The first kappa shape index (κ1) is 12.1. The van der Waals surface area contributed by atoms with Crippen LogP contribution in [-0.4, -0.2) is 16.1 Å². The average molecular weight is 251 g/mol. The van der Waals surface area contributed by atoms with Gasteiger partial charge in [-0.25, -0.2) is 4.39 Å². The summed E-state index contributed by atoms with van der Waals surface area (Å²) in [6.07, 6.45) is 1.75. The lowest BCUT2D eigenvalue weighted by molar-refractivity contribution is 0.608. The van der Waals surface area contributed by atoms with Crippen molar-refractivity contribution in [1.29, 1.82) is 0 Å². The first-order valence-corrected chi connectivity index (χ1v) is 6.26. The van der Waals surface area contributed by atoms with Crippen molar-refractivity contribution < 1.29 is 4.39 Å². The van der Waals surface area contributed by atoms with E-state index >= 15 is 0 Å². The van der Waals surface area contributed by atoms with Crippen LogP contribution >= 0.6 is 11.5 Å². The molecule has 0 aliphatic rings. The SMILES string of the molecule is CCNC(c1ccc(F)c(C)c1)c1cnns1. The minimum Gasteiger partial charge on any atom is -0.306 e. The van der Waals surface area contributed by atoms with E-state index in [1.54, 1.807) is 19.2 Å². The molecule has 0 spiro atoms. The normalized spacial score (nSPS) is 12.6. The molecule has 1 aromatic carbocycles. The van der Waals surface area contributed by atoms with Crippen molar-refractivity contribution in [3.63, 3.8) is 0 Å². The van der Waals surface area contributed by atoms with Gasteiger partial charge in [-0.05, 0) is 42.2 Å². The number of aryl methyl sites for hydroxylation is 1. The van der Waals surface area contributed by atoms with Crippen molar-refractivity contribution >= 4 is 11.5 Å². The Kier molecular flexibility index (Phi) is 3.81. The van der Waals surface area contributed by atoms with Crippen molar-refractivity contribution in [3.05, 3.63) is 46.2 Å². The Morgan fingerprint density at radius 3 is 2.88 bits per heavy atom. The first-order valence-electron chi connectivity index (χ1n) is 5.49. The maximum atomic E-state index is 13.2. The summed E-state index contributed by atoms with van der Waals surface area (Å²) in [5.74, 6) is -0.175. The van der Waals surface area contributed by atoms with E-state index in [9.17, 15) is 4.39 Å². The molecule has 0 saturated heterocycles. The molecule has 0 aliphatic heterocycles. The summed E-state index contributed by atoms with van der Waals surface area (Å²) in [4.78, 5) is 1.04. The van der Waals surface area contributed by atoms with Gasteiger partial charge in [-0.2, -0.15) is 0 Å². The molecule has 1 N–H and O–H groups in total. The molecule has 90 valence electrons. The lowest BCUT2D eigenvalue weighted by Crippen LogP contribution is -2.21. The Bertz CT molecular complexity index is 485. The molecule has 1 unspecified atom stereocenters. The number of halogens is 1. The maximum absolute atomic E-state index is 13.2. The summed E-state index contributed by atoms with van der Waals surface area (Å²) in [5, 5.41) is 7.20. The highest BCUT2D eigenvalue weighted by atomic mass is 32.1. The van der Waals surface area contributed by atoms with E-state index in [-0.39, 0.29) is 11.9 Å². The second kappa shape index (κ2) is 5.33. The van der Waals surface area contributed by atoms with Gasteiger partial charge in [0.1, 0.15) is 5.82 Å². The zero-order valence-corrected chi connectivity index (χ0v) is 10.6. The van der Waals surface area contributed by atoms with Gasteiger partial charge in [0.25, 0.3) is 0 Å². The Hall–Kier alpha value is -1.33. The number of hydrogen-bond acceptors (Lipinski definition) is 4. The molecule has 1 heterocycles. The molecular formula is C12H14FN3S. The van der Waals surface area contributed by atoms with Gasteiger partial charge in [0.05, 0.1) is 17.1 Å². The van der Waals surface area contributed by atoms with Crippen LogP contribution in [0.5, 0.6) is 0 Å². The Balaban J connectivity index is 2.35. The Labute approximate surface area is 104 Å². The molecule has 17 heavy (non-hydrogen) atoms. The van der Waals surface area contributed by atoms with Gasteiger partial charge in [0, 0.05) is 0 Å². The van der Waals surface area contributed by atoms with Crippen molar-refractivity contribution in [2.45, 2.75) is 19.9 Å². The zero-order chi connectivity index (χ0) is 12.3. The highest BCUT2D eigenvalue weighted by Gasteiger charge is 2.16. The fourth-order valence-corrected chi connectivity index (χ4v) is 2.34. The number of hydrogen-bond donors (Lipinski definition) is 1. The molecule has 0 bridgehead atoms. The summed E-state index contributed by atoms with van der Waals surface area (Å²) in [6, 6.07) is 5.21. The molecule has 2 rings (SSSR count). The quantitative estimate of drug-likeness (QED) is 0.908. The predicted octanol–water partition coefficient (Wildman–Crippen LogP) is 2.68. The summed E-state index contributed by atoms with van der Waals surface area (Å²) in [6.45, 7) is 4.64. The van der Waals surface area contributed by atoms with E-state index in [0.717, 1.165) is 17.0 Å². The van der Waals surface area contributed by atoms with Gasteiger partial charge < -0.3 is 5.32 Å². The lowest BCUT2D eigenvalue weighted by atomic mass is 10.0. The van der Waals surface area contributed by atoms with E-state index in [4.69, 9.17) is 0 Å². The minimum absolute atomic E-state index is 0.0410. The van der Waals surface area contributed by atoms with Gasteiger partial charge in [0.15, 0.2) is 0 Å². The highest BCUT2D eigenvalue weighted by molar-refractivity contribution is 7.05. The van der Waals surface area contributed by atoms with E-state index in [0.29, 0.717) is 5.56 Å². The minimum atomic E-state index is -0.175. The summed E-state index contributed by atoms with van der Waals surface area (Å²) < 4.78 is 17.1. The Morgan fingerprint density at radius 1 is 1.47 bits per heavy atom. The molecular weight excluding hydrogens is 237 g/mol. The summed E-state index contributed by atoms with van der Waals surface area (Å²) in [5.41, 5.74) is 1.69. The number of benzene rings is 1. The van der Waals surface area contributed by atoms with Crippen LogP contribution in [0.1, 0.15) is 29.0 Å². The number of nitrogens with one attached hydrogen (secondary N) is 1. The van der Waals surface area contributed by atoms with Gasteiger partial charge in [0.2, 0.25) is 0 Å². The van der Waals surface area contributed by atoms with Crippen LogP contribution in [0.25, 0.3) is 0 Å². The molecule has 1 aromatic heterocycles. The molecule has 0 fully saturated rings. The van der Waals surface area contributed by atoms with Crippen LogP contribution in [0.4, 0.5) is 4.39 Å². The van der Waals surface area contributed by atoms with Crippen molar-refractivity contribution in [3.8, 4) is 0 Å².